The van der Waals surface area contributed by atoms with Gasteiger partial charge in [-0.05, 0) is 19.2 Å². The summed E-state index contributed by atoms with van der Waals surface area (Å²) >= 11 is 7.49. The Kier molecular flexibility index (Phi) is 3.87. The van der Waals surface area contributed by atoms with Gasteiger partial charge in [-0.1, -0.05) is 11.6 Å². The summed E-state index contributed by atoms with van der Waals surface area (Å²) in [7, 11) is 2.06. The molecule has 1 aromatic heterocycles. The lowest BCUT2D eigenvalue weighted by molar-refractivity contribution is -0.146. The van der Waals surface area contributed by atoms with Gasteiger partial charge in [0.05, 0.1) is 29.6 Å². The van der Waals surface area contributed by atoms with Gasteiger partial charge in [-0.15, -0.1) is 11.3 Å². The summed E-state index contributed by atoms with van der Waals surface area (Å²) < 4.78 is 6.01. The molecule has 1 aromatic rings. The molecule has 0 spiro atoms. The third-order valence-corrected chi connectivity index (χ3v) is 4.03. The van der Waals surface area contributed by atoms with Crippen molar-refractivity contribution in [1.82, 2.24) is 4.90 Å². The van der Waals surface area contributed by atoms with Crippen molar-refractivity contribution in [3.8, 4) is 0 Å². The van der Waals surface area contributed by atoms with E-state index in [2.05, 4.69) is 11.9 Å². The van der Waals surface area contributed by atoms with Crippen LogP contribution in [0.2, 0.25) is 4.34 Å². The SMILES string of the molecule is CN(Cc1ccc(Cl)s1)CC1(CO)COC1. The number of aliphatic hydroxyl groups is 1. The Balaban J connectivity index is 1.86. The zero-order chi connectivity index (χ0) is 11.6. The first-order chi connectivity index (χ1) is 7.63. The molecule has 90 valence electrons. The molecular weight excluding hydrogens is 246 g/mol. The Morgan fingerprint density at radius 2 is 2.31 bits per heavy atom. The highest BCUT2D eigenvalue weighted by molar-refractivity contribution is 7.16. The Labute approximate surface area is 105 Å². The summed E-state index contributed by atoms with van der Waals surface area (Å²) in [4.78, 5) is 3.46. The van der Waals surface area contributed by atoms with Crippen molar-refractivity contribution in [2.24, 2.45) is 5.41 Å². The van der Waals surface area contributed by atoms with Crippen molar-refractivity contribution in [1.29, 1.82) is 0 Å². The summed E-state index contributed by atoms with van der Waals surface area (Å²) in [6.07, 6.45) is 0. The van der Waals surface area contributed by atoms with Crippen LogP contribution in [0.3, 0.4) is 0 Å². The molecule has 3 nitrogen and oxygen atoms in total. The number of halogens is 1. The van der Waals surface area contributed by atoms with E-state index in [1.54, 1.807) is 11.3 Å². The summed E-state index contributed by atoms with van der Waals surface area (Å²) in [6.45, 7) is 3.26. The van der Waals surface area contributed by atoms with Crippen molar-refractivity contribution in [3.63, 3.8) is 0 Å². The molecule has 0 saturated carbocycles. The van der Waals surface area contributed by atoms with Crippen molar-refractivity contribution in [2.45, 2.75) is 6.54 Å². The van der Waals surface area contributed by atoms with Gasteiger partial charge >= 0.3 is 0 Å². The van der Waals surface area contributed by atoms with E-state index in [1.807, 2.05) is 12.1 Å². The molecule has 0 unspecified atom stereocenters. The van der Waals surface area contributed by atoms with E-state index in [0.29, 0.717) is 13.2 Å². The van der Waals surface area contributed by atoms with Crippen molar-refractivity contribution in [3.05, 3.63) is 21.3 Å². The largest absolute Gasteiger partial charge is 0.396 e. The first-order valence-corrected chi connectivity index (χ1v) is 6.44. The fourth-order valence-corrected chi connectivity index (χ4v) is 3.12. The number of aliphatic hydroxyl groups excluding tert-OH is 1. The van der Waals surface area contributed by atoms with E-state index in [1.165, 1.54) is 4.88 Å². The molecule has 0 aliphatic carbocycles. The van der Waals surface area contributed by atoms with Crippen LogP contribution >= 0.6 is 22.9 Å². The minimum Gasteiger partial charge on any atom is -0.396 e. The van der Waals surface area contributed by atoms with Crippen LogP contribution in [-0.4, -0.2) is 43.4 Å². The molecule has 1 aliphatic heterocycles. The highest BCUT2D eigenvalue weighted by Gasteiger charge is 2.38. The lowest BCUT2D eigenvalue weighted by atomic mass is 9.86. The van der Waals surface area contributed by atoms with Crippen molar-refractivity contribution < 1.29 is 9.84 Å². The number of rotatable bonds is 5. The van der Waals surface area contributed by atoms with Crippen LogP contribution in [0.25, 0.3) is 0 Å². The highest BCUT2D eigenvalue weighted by Crippen LogP contribution is 2.29. The molecule has 1 aliphatic rings. The minimum absolute atomic E-state index is 0.0458. The molecule has 1 fully saturated rings. The molecule has 2 heterocycles. The van der Waals surface area contributed by atoms with E-state index in [0.717, 1.165) is 17.4 Å². The van der Waals surface area contributed by atoms with Crippen LogP contribution in [0, 0.1) is 5.41 Å². The number of hydrogen-bond donors (Lipinski definition) is 1. The average Bonchev–Trinajstić information content (AvgIpc) is 2.57. The maximum atomic E-state index is 9.33. The lowest BCUT2D eigenvalue weighted by Gasteiger charge is -2.42. The van der Waals surface area contributed by atoms with Gasteiger partial charge in [-0.25, -0.2) is 0 Å². The Bertz CT molecular complexity index is 346. The molecule has 2 rings (SSSR count). The van der Waals surface area contributed by atoms with Crippen LogP contribution in [0.5, 0.6) is 0 Å². The first kappa shape index (κ1) is 12.3. The van der Waals surface area contributed by atoms with Gasteiger partial charge in [0.15, 0.2) is 0 Å². The van der Waals surface area contributed by atoms with E-state index in [-0.39, 0.29) is 12.0 Å². The molecule has 5 heteroatoms. The fraction of sp³-hybridized carbons (Fsp3) is 0.636. The van der Waals surface area contributed by atoms with Crippen molar-refractivity contribution in [2.75, 3.05) is 33.4 Å². The zero-order valence-electron chi connectivity index (χ0n) is 9.28. The van der Waals surface area contributed by atoms with Gasteiger partial charge in [0.25, 0.3) is 0 Å². The predicted octanol–water partition coefficient (Wildman–Crippen LogP) is 1.84. The zero-order valence-corrected chi connectivity index (χ0v) is 10.9. The molecule has 1 saturated heterocycles. The monoisotopic (exact) mass is 261 g/mol. The summed E-state index contributed by atoms with van der Waals surface area (Å²) in [5.41, 5.74) is -0.0458. The third kappa shape index (κ3) is 2.76. The molecule has 1 N–H and O–H groups in total. The van der Waals surface area contributed by atoms with Gasteiger partial charge in [0.2, 0.25) is 0 Å². The summed E-state index contributed by atoms with van der Waals surface area (Å²) in [5.74, 6) is 0. The molecule has 16 heavy (non-hydrogen) atoms. The van der Waals surface area contributed by atoms with Gasteiger partial charge in [0, 0.05) is 18.0 Å². The molecular formula is C11H16ClNO2S. The Morgan fingerprint density at radius 3 is 2.75 bits per heavy atom. The molecule has 0 atom stereocenters. The van der Waals surface area contributed by atoms with Crippen LogP contribution in [0.1, 0.15) is 4.88 Å². The number of ether oxygens (including phenoxy) is 1. The Morgan fingerprint density at radius 1 is 1.56 bits per heavy atom. The van der Waals surface area contributed by atoms with E-state index in [4.69, 9.17) is 16.3 Å². The van der Waals surface area contributed by atoms with Crippen LogP contribution < -0.4 is 0 Å². The number of hydrogen-bond acceptors (Lipinski definition) is 4. The molecule has 0 bridgehead atoms. The standard InChI is InChI=1S/C11H16ClNO2S/c1-13(4-9-2-3-10(12)16-9)5-11(6-14)7-15-8-11/h2-3,14H,4-8H2,1H3. The fourth-order valence-electron chi connectivity index (χ4n) is 1.95. The average molecular weight is 262 g/mol. The third-order valence-electron chi connectivity index (χ3n) is 2.81. The van der Waals surface area contributed by atoms with Crippen LogP contribution in [-0.2, 0) is 11.3 Å². The topological polar surface area (TPSA) is 32.7 Å². The minimum atomic E-state index is -0.0458. The molecule has 0 aromatic carbocycles. The maximum absolute atomic E-state index is 9.33. The highest BCUT2D eigenvalue weighted by atomic mass is 35.5. The second-order valence-electron chi connectivity index (χ2n) is 4.53. The van der Waals surface area contributed by atoms with Crippen LogP contribution in [0.15, 0.2) is 12.1 Å². The van der Waals surface area contributed by atoms with Gasteiger partial charge in [-0.2, -0.15) is 0 Å². The smallest absolute Gasteiger partial charge is 0.0931 e. The van der Waals surface area contributed by atoms with E-state index >= 15 is 0 Å². The second-order valence-corrected chi connectivity index (χ2v) is 6.33. The molecule has 0 amide bonds. The van der Waals surface area contributed by atoms with Gasteiger partial charge in [0.1, 0.15) is 0 Å². The van der Waals surface area contributed by atoms with E-state index < -0.39 is 0 Å². The number of thiophene rings is 1. The molecule has 0 radical (unpaired) electrons. The summed E-state index contributed by atoms with van der Waals surface area (Å²) in [6, 6.07) is 3.97. The number of nitrogens with zero attached hydrogens (tertiary/aromatic N) is 1. The maximum Gasteiger partial charge on any atom is 0.0931 e. The predicted molar refractivity (Wildman–Crippen MR) is 66.0 cm³/mol. The summed E-state index contributed by atoms with van der Waals surface area (Å²) in [5, 5.41) is 9.33. The second kappa shape index (κ2) is 5.02. The van der Waals surface area contributed by atoms with E-state index in [9.17, 15) is 5.11 Å². The quantitative estimate of drug-likeness (QED) is 0.878. The lowest BCUT2D eigenvalue weighted by Crippen LogP contribution is -2.52. The van der Waals surface area contributed by atoms with Gasteiger partial charge in [-0.3, -0.25) is 0 Å². The normalized spacial score (nSPS) is 18.8. The Hall–Kier alpha value is -0.130. The first-order valence-electron chi connectivity index (χ1n) is 5.25. The van der Waals surface area contributed by atoms with Crippen LogP contribution in [0.4, 0.5) is 0 Å². The van der Waals surface area contributed by atoms with Gasteiger partial charge < -0.3 is 14.7 Å². The van der Waals surface area contributed by atoms with Crippen molar-refractivity contribution >= 4 is 22.9 Å².